The number of hydrogen-bond donors (Lipinski definition) is 0. The highest BCUT2D eigenvalue weighted by molar-refractivity contribution is 5.38. The van der Waals surface area contributed by atoms with E-state index in [1.165, 1.54) is 0 Å². The van der Waals surface area contributed by atoms with E-state index < -0.39 is 0 Å². The van der Waals surface area contributed by atoms with E-state index >= 15 is 0 Å². The van der Waals surface area contributed by atoms with Gasteiger partial charge < -0.3 is 4.74 Å². The average molecular weight is 172 g/mol. The van der Waals surface area contributed by atoms with Crippen LogP contribution in [0.5, 0.6) is 0 Å². The van der Waals surface area contributed by atoms with Crippen LogP contribution in [0.1, 0.15) is 41.0 Å². The van der Waals surface area contributed by atoms with Crippen LogP contribution in [-0.4, -0.2) is 12.1 Å². The van der Waals surface area contributed by atoms with Crippen LogP contribution in [0.3, 0.4) is 0 Å². The van der Waals surface area contributed by atoms with Crippen LogP contribution in [0.15, 0.2) is 0 Å². The lowest BCUT2D eigenvalue weighted by Crippen LogP contribution is -2.33. The molecule has 72 valence electrons. The van der Waals surface area contributed by atoms with Crippen molar-refractivity contribution in [2.75, 3.05) is 0 Å². The highest BCUT2D eigenvalue weighted by Crippen LogP contribution is 2.26. The molecule has 0 bridgehead atoms. The molecule has 0 heterocycles. The van der Waals surface area contributed by atoms with Crippen LogP contribution in [0, 0.1) is 11.8 Å². The van der Waals surface area contributed by atoms with Crippen molar-refractivity contribution in [2.45, 2.75) is 46.6 Å². The van der Waals surface area contributed by atoms with Gasteiger partial charge >= 0.3 is 0 Å². The molecular formula is C10H20O2. The molecule has 2 nitrogen and oxygen atoms in total. The van der Waals surface area contributed by atoms with Crippen molar-refractivity contribution < 1.29 is 9.53 Å². The maximum Gasteiger partial charge on any atom is 0.293 e. The van der Waals surface area contributed by atoms with Gasteiger partial charge in [-0.05, 0) is 32.1 Å². The largest absolute Gasteiger partial charge is 0.462 e. The Labute approximate surface area is 75.3 Å². The molecule has 0 saturated heterocycles. The smallest absolute Gasteiger partial charge is 0.293 e. The second kappa shape index (κ2) is 4.48. The summed E-state index contributed by atoms with van der Waals surface area (Å²) in [6.07, 6.45) is 1.08. The first kappa shape index (κ1) is 11.5. The van der Waals surface area contributed by atoms with Gasteiger partial charge in [-0.25, -0.2) is 0 Å². The number of hydrogen-bond acceptors (Lipinski definition) is 2. The Balaban J connectivity index is 4.04. The fourth-order valence-corrected chi connectivity index (χ4v) is 1.23. The fraction of sp³-hybridized carbons (Fsp3) is 0.900. The van der Waals surface area contributed by atoms with Crippen molar-refractivity contribution in [1.82, 2.24) is 0 Å². The summed E-state index contributed by atoms with van der Waals surface area (Å²) < 4.78 is 5.01. The van der Waals surface area contributed by atoms with Gasteiger partial charge in [-0.3, -0.25) is 4.79 Å². The number of carbonyl (C=O) groups is 1. The highest BCUT2D eigenvalue weighted by atomic mass is 16.5. The molecule has 0 spiro atoms. The van der Waals surface area contributed by atoms with Crippen LogP contribution in [0.2, 0.25) is 0 Å². The monoisotopic (exact) mass is 172 g/mol. The molecule has 0 fully saturated rings. The molecule has 2 heteroatoms. The zero-order valence-electron chi connectivity index (χ0n) is 8.76. The first-order valence-corrected chi connectivity index (χ1v) is 4.51. The van der Waals surface area contributed by atoms with Gasteiger partial charge in [-0.2, -0.15) is 0 Å². The topological polar surface area (TPSA) is 26.3 Å². The minimum Gasteiger partial charge on any atom is -0.462 e. The van der Waals surface area contributed by atoms with Crippen LogP contribution >= 0.6 is 0 Å². The second-order valence-electron chi connectivity index (χ2n) is 4.35. The average Bonchev–Trinajstić information content (AvgIpc) is 1.85. The summed E-state index contributed by atoms with van der Waals surface area (Å²) in [5.74, 6) is 1.05. The molecule has 0 aliphatic carbocycles. The van der Waals surface area contributed by atoms with E-state index in [0.717, 1.165) is 6.42 Å². The minimum atomic E-state index is -0.327. The summed E-state index contributed by atoms with van der Waals surface area (Å²) in [6.45, 7) is 10.9. The Hall–Kier alpha value is -0.530. The molecule has 0 aromatic rings. The van der Waals surface area contributed by atoms with Crippen molar-refractivity contribution in [3.8, 4) is 0 Å². The third kappa shape index (κ3) is 3.74. The van der Waals surface area contributed by atoms with Gasteiger partial charge in [0.05, 0.1) is 0 Å². The molecule has 12 heavy (non-hydrogen) atoms. The second-order valence-corrected chi connectivity index (χ2v) is 4.35. The Morgan fingerprint density at radius 2 is 1.83 bits per heavy atom. The summed E-state index contributed by atoms with van der Waals surface area (Å²) in [7, 11) is 0. The molecule has 1 atom stereocenters. The zero-order valence-corrected chi connectivity index (χ0v) is 8.76. The van der Waals surface area contributed by atoms with Gasteiger partial charge in [0.25, 0.3) is 6.47 Å². The molecule has 0 aromatic carbocycles. The van der Waals surface area contributed by atoms with Gasteiger partial charge in [0.15, 0.2) is 0 Å². The molecule has 0 aromatic heterocycles. The molecule has 0 radical (unpaired) electrons. The molecule has 0 rings (SSSR count). The minimum absolute atomic E-state index is 0.327. The van der Waals surface area contributed by atoms with Crippen molar-refractivity contribution in [1.29, 1.82) is 0 Å². The standard InChI is InChI=1S/C10H20O2/c1-8(2)6-9(3)10(4,5)12-7-11/h7-9H,6H2,1-5H3. The summed E-state index contributed by atoms with van der Waals surface area (Å²) in [4.78, 5) is 10.2. The Kier molecular flexibility index (Phi) is 4.29. The Bertz CT molecular complexity index is 139. The zero-order chi connectivity index (χ0) is 9.78. The van der Waals surface area contributed by atoms with E-state index in [4.69, 9.17) is 4.74 Å². The molecule has 0 saturated carbocycles. The van der Waals surface area contributed by atoms with Gasteiger partial charge in [-0.15, -0.1) is 0 Å². The van der Waals surface area contributed by atoms with Crippen LogP contribution < -0.4 is 0 Å². The Morgan fingerprint density at radius 3 is 2.17 bits per heavy atom. The quantitative estimate of drug-likeness (QED) is 0.596. The van der Waals surface area contributed by atoms with Gasteiger partial charge in [0, 0.05) is 0 Å². The lowest BCUT2D eigenvalue weighted by Gasteiger charge is -2.30. The van der Waals surface area contributed by atoms with Gasteiger partial charge in [0.2, 0.25) is 0 Å². The third-order valence-electron chi connectivity index (χ3n) is 2.36. The predicted molar refractivity (Wildman–Crippen MR) is 49.8 cm³/mol. The van der Waals surface area contributed by atoms with Gasteiger partial charge in [0.1, 0.15) is 5.60 Å². The van der Waals surface area contributed by atoms with E-state index in [0.29, 0.717) is 18.3 Å². The normalized spacial score (nSPS) is 14.5. The van der Waals surface area contributed by atoms with Crippen LogP contribution in [0.4, 0.5) is 0 Å². The first-order chi connectivity index (χ1) is 5.40. The first-order valence-electron chi connectivity index (χ1n) is 4.51. The lowest BCUT2D eigenvalue weighted by atomic mass is 9.86. The maximum absolute atomic E-state index is 10.2. The van der Waals surface area contributed by atoms with E-state index in [1.807, 2.05) is 13.8 Å². The number of ether oxygens (including phenoxy) is 1. The fourth-order valence-electron chi connectivity index (χ4n) is 1.23. The van der Waals surface area contributed by atoms with Crippen molar-refractivity contribution >= 4 is 6.47 Å². The van der Waals surface area contributed by atoms with Crippen LogP contribution in [0.25, 0.3) is 0 Å². The third-order valence-corrected chi connectivity index (χ3v) is 2.36. The molecule has 0 aliphatic heterocycles. The van der Waals surface area contributed by atoms with E-state index in [-0.39, 0.29) is 5.60 Å². The summed E-state index contributed by atoms with van der Waals surface area (Å²) >= 11 is 0. The van der Waals surface area contributed by atoms with E-state index in [2.05, 4.69) is 20.8 Å². The molecule has 0 N–H and O–H groups in total. The highest BCUT2D eigenvalue weighted by Gasteiger charge is 2.27. The van der Waals surface area contributed by atoms with E-state index in [1.54, 1.807) is 0 Å². The number of rotatable bonds is 5. The molecule has 0 aliphatic rings. The van der Waals surface area contributed by atoms with Crippen molar-refractivity contribution in [3.05, 3.63) is 0 Å². The SMILES string of the molecule is CC(C)CC(C)C(C)(C)OC=O. The van der Waals surface area contributed by atoms with Crippen molar-refractivity contribution in [2.24, 2.45) is 11.8 Å². The van der Waals surface area contributed by atoms with Crippen molar-refractivity contribution in [3.63, 3.8) is 0 Å². The predicted octanol–water partition coefficient (Wildman–Crippen LogP) is 2.62. The summed E-state index contributed by atoms with van der Waals surface area (Å²) in [5.41, 5.74) is -0.327. The number of carbonyl (C=O) groups excluding carboxylic acids is 1. The summed E-state index contributed by atoms with van der Waals surface area (Å²) in [5, 5.41) is 0. The molecular weight excluding hydrogens is 152 g/mol. The maximum atomic E-state index is 10.2. The molecule has 0 amide bonds. The van der Waals surface area contributed by atoms with Crippen LogP contribution in [-0.2, 0) is 9.53 Å². The Morgan fingerprint density at radius 1 is 1.33 bits per heavy atom. The lowest BCUT2D eigenvalue weighted by molar-refractivity contribution is -0.145. The van der Waals surface area contributed by atoms with Gasteiger partial charge in [-0.1, -0.05) is 20.8 Å². The molecule has 1 unspecified atom stereocenters. The summed E-state index contributed by atoms with van der Waals surface area (Å²) in [6, 6.07) is 0. The van der Waals surface area contributed by atoms with E-state index in [9.17, 15) is 4.79 Å².